The predicted octanol–water partition coefficient (Wildman–Crippen LogP) is 1.46. The molecule has 0 atom stereocenters. The third-order valence-electron chi connectivity index (χ3n) is 2.87. The maximum Gasteiger partial charge on any atom is 0.266 e. The molecule has 0 bridgehead atoms. The standard InChI is InChI=1S/C14H15FN4O/c1-19(13-4-2-3-11(15)7-13)9-12-6-5-10(8-17-12)14(20)18-16/h2-8H,9,16H2,1H3,(H,18,20). The molecule has 2 aromatic rings. The van der Waals surface area contributed by atoms with Gasteiger partial charge in [0.25, 0.3) is 5.91 Å². The third-order valence-corrected chi connectivity index (χ3v) is 2.87. The molecule has 0 saturated carbocycles. The molecule has 0 unspecified atom stereocenters. The van der Waals surface area contributed by atoms with Crippen LogP contribution in [0, 0.1) is 5.82 Å². The number of aromatic nitrogens is 1. The Morgan fingerprint density at radius 2 is 2.20 bits per heavy atom. The first-order valence-corrected chi connectivity index (χ1v) is 6.02. The van der Waals surface area contributed by atoms with Crippen molar-refractivity contribution in [3.8, 4) is 0 Å². The number of nitrogens with zero attached hydrogens (tertiary/aromatic N) is 2. The van der Waals surface area contributed by atoms with Crippen molar-refractivity contribution < 1.29 is 9.18 Å². The Kier molecular flexibility index (Phi) is 4.27. The first-order chi connectivity index (χ1) is 9.60. The number of hydrazine groups is 1. The van der Waals surface area contributed by atoms with E-state index in [0.29, 0.717) is 12.1 Å². The van der Waals surface area contributed by atoms with Gasteiger partial charge < -0.3 is 4.90 Å². The first-order valence-electron chi connectivity index (χ1n) is 6.02. The van der Waals surface area contributed by atoms with E-state index in [0.717, 1.165) is 11.4 Å². The summed E-state index contributed by atoms with van der Waals surface area (Å²) in [5.74, 6) is 4.38. The highest BCUT2D eigenvalue weighted by Crippen LogP contribution is 2.16. The van der Waals surface area contributed by atoms with E-state index in [1.165, 1.54) is 18.3 Å². The van der Waals surface area contributed by atoms with E-state index in [9.17, 15) is 9.18 Å². The van der Waals surface area contributed by atoms with Gasteiger partial charge in [-0.15, -0.1) is 0 Å². The van der Waals surface area contributed by atoms with Gasteiger partial charge in [-0.05, 0) is 30.3 Å². The fraction of sp³-hybridized carbons (Fsp3) is 0.143. The second-order valence-electron chi connectivity index (χ2n) is 4.35. The number of nitrogen functional groups attached to an aromatic ring is 1. The molecule has 3 N–H and O–H groups in total. The van der Waals surface area contributed by atoms with Crippen LogP contribution in [0.15, 0.2) is 42.6 Å². The van der Waals surface area contributed by atoms with Gasteiger partial charge in [0.1, 0.15) is 5.82 Å². The maximum atomic E-state index is 13.1. The number of rotatable bonds is 4. The summed E-state index contributed by atoms with van der Waals surface area (Å²) in [6, 6.07) is 9.71. The van der Waals surface area contributed by atoms with Crippen LogP contribution >= 0.6 is 0 Å². The zero-order chi connectivity index (χ0) is 14.5. The molecule has 2 rings (SSSR count). The van der Waals surface area contributed by atoms with Crippen molar-refractivity contribution >= 4 is 11.6 Å². The molecule has 0 spiro atoms. The van der Waals surface area contributed by atoms with E-state index >= 15 is 0 Å². The number of carbonyl (C=O) groups is 1. The maximum absolute atomic E-state index is 13.1. The fourth-order valence-corrected chi connectivity index (χ4v) is 1.78. The number of hydrogen-bond acceptors (Lipinski definition) is 4. The van der Waals surface area contributed by atoms with Gasteiger partial charge in [-0.3, -0.25) is 15.2 Å². The molecule has 1 amide bonds. The second-order valence-corrected chi connectivity index (χ2v) is 4.35. The van der Waals surface area contributed by atoms with Gasteiger partial charge >= 0.3 is 0 Å². The molecule has 1 heterocycles. The van der Waals surface area contributed by atoms with Crippen molar-refractivity contribution in [2.75, 3.05) is 11.9 Å². The van der Waals surface area contributed by atoms with Crippen LogP contribution in [0.2, 0.25) is 0 Å². The molecule has 0 aliphatic rings. The molecular weight excluding hydrogens is 259 g/mol. The smallest absolute Gasteiger partial charge is 0.266 e. The normalized spacial score (nSPS) is 10.2. The number of halogens is 1. The molecule has 6 heteroatoms. The fourth-order valence-electron chi connectivity index (χ4n) is 1.78. The van der Waals surface area contributed by atoms with Crippen LogP contribution in [0.25, 0.3) is 0 Å². The molecule has 0 radical (unpaired) electrons. The van der Waals surface area contributed by atoms with Crippen LogP contribution < -0.4 is 16.2 Å². The van der Waals surface area contributed by atoms with Crippen LogP contribution in [0.5, 0.6) is 0 Å². The highest BCUT2D eigenvalue weighted by molar-refractivity contribution is 5.93. The van der Waals surface area contributed by atoms with E-state index in [-0.39, 0.29) is 11.7 Å². The zero-order valence-corrected chi connectivity index (χ0v) is 11.0. The number of nitrogens with two attached hydrogens (primary N) is 1. The summed E-state index contributed by atoms with van der Waals surface area (Å²) in [5.41, 5.74) is 3.96. The van der Waals surface area contributed by atoms with E-state index in [1.807, 2.05) is 23.4 Å². The van der Waals surface area contributed by atoms with Gasteiger partial charge in [0.15, 0.2) is 0 Å². The van der Waals surface area contributed by atoms with Gasteiger partial charge in [0.05, 0.1) is 17.8 Å². The molecule has 0 fully saturated rings. The summed E-state index contributed by atoms with van der Waals surface area (Å²) in [6.07, 6.45) is 1.46. The lowest BCUT2D eigenvalue weighted by Crippen LogP contribution is -2.30. The monoisotopic (exact) mass is 274 g/mol. The van der Waals surface area contributed by atoms with Crippen LogP contribution in [-0.2, 0) is 6.54 Å². The van der Waals surface area contributed by atoms with Crippen LogP contribution in [0.4, 0.5) is 10.1 Å². The largest absolute Gasteiger partial charge is 0.369 e. The molecule has 0 saturated heterocycles. The van der Waals surface area contributed by atoms with Gasteiger partial charge in [0.2, 0.25) is 0 Å². The number of hydrogen-bond donors (Lipinski definition) is 2. The summed E-state index contributed by atoms with van der Waals surface area (Å²) < 4.78 is 13.1. The number of pyridine rings is 1. The van der Waals surface area contributed by atoms with Gasteiger partial charge in [0, 0.05) is 18.9 Å². The first kappa shape index (κ1) is 14.0. The second kappa shape index (κ2) is 6.12. The van der Waals surface area contributed by atoms with Crippen molar-refractivity contribution in [3.05, 3.63) is 59.7 Å². The highest BCUT2D eigenvalue weighted by Gasteiger charge is 2.07. The SMILES string of the molecule is CN(Cc1ccc(C(=O)NN)cn1)c1cccc(F)c1. The molecule has 5 nitrogen and oxygen atoms in total. The molecule has 104 valence electrons. The Morgan fingerprint density at radius 3 is 2.80 bits per heavy atom. The minimum atomic E-state index is -0.387. The quantitative estimate of drug-likeness (QED) is 0.503. The number of benzene rings is 1. The van der Waals surface area contributed by atoms with E-state index < -0.39 is 0 Å². The van der Waals surface area contributed by atoms with Crippen molar-refractivity contribution in [3.63, 3.8) is 0 Å². The highest BCUT2D eigenvalue weighted by atomic mass is 19.1. The number of carbonyl (C=O) groups excluding carboxylic acids is 1. The van der Waals surface area contributed by atoms with E-state index in [1.54, 1.807) is 18.2 Å². The third kappa shape index (κ3) is 3.30. The number of anilines is 1. The minimum absolute atomic E-state index is 0.280. The van der Waals surface area contributed by atoms with Crippen molar-refractivity contribution in [2.45, 2.75) is 6.54 Å². The van der Waals surface area contributed by atoms with E-state index in [2.05, 4.69) is 4.98 Å². The molecular formula is C14H15FN4O. The Bertz CT molecular complexity index is 600. The lowest BCUT2D eigenvalue weighted by molar-refractivity contribution is 0.0953. The summed E-state index contributed by atoms with van der Waals surface area (Å²) >= 11 is 0. The number of nitrogens with one attached hydrogen (secondary N) is 1. The van der Waals surface area contributed by atoms with Crippen LogP contribution in [-0.4, -0.2) is 17.9 Å². The molecule has 20 heavy (non-hydrogen) atoms. The molecule has 1 aromatic heterocycles. The van der Waals surface area contributed by atoms with Gasteiger partial charge in [-0.1, -0.05) is 6.07 Å². The van der Waals surface area contributed by atoms with Crippen molar-refractivity contribution in [1.29, 1.82) is 0 Å². The lowest BCUT2D eigenvalue weighted by Gasteiger charge is -2.18. The zero-order valence-electron chi connectivity index (χ0n) is 11.0. The molecule has 0 aliphatic carbocycles. The Hall–Kier alpha value is -2.47. The summed E-state index contributed by atoms with van der Waals surface area (Å²) in [6.45, 7) is 0.508. The van der Waals surface area contributed by atoms with Crippen LogP contribution in [0.1, 0.15) is 16.1 Å². The Balaban J connectivity index is 2.08. The summed E-state index contributed by atoms with van der Waals surface area (Å²) in [5, 5.41) is 0. The average molecular weight is 274 g/mol. The van der Waals surface area contributed by atoms with Gasteiger partial charge in [-0.25, -0.2) is 10.2 Å². The van der Waals surface area contributed by atoms with Crippen LogP contribution in [0.3, 0.4) is 0 Å². The summed E-state index contributed by atoms with van der Waals surface area (Å²) in [7, 11) is 1.84. The van der Waals surface area contributed by atoms with Gasteiger partial charge in [-0.2, -0.15) is 0 Å². The Morgan fingerprint density at radius 1 is 1.40 bits per heavy atom. The molecule has 1 aromatic carbocycles. The molecule has 0 aliphatic heterocycles. The predicted molar refractivity (Wildman–Crippen MR) is 74.4 cm³/mol. The van der Waals surface area contributed by atoms with E-state index in [4.69, 9.17) is 5.84 Å². The van der Waals surface area contributed by atoms with Crippen molar-refractivity contribution in [1.82, 2.24) is 10.4 Å². The topological polar surface area (TPSA) is 71.2 Å². The Labute approximate surface area is 116 Å². The average Bonchev–Trinajstić information content (AvgIpc) is 2.47. The number of amides is 1. The lowest BCUT2D eigenvalue weighted by atomic mass is 10.2. The summed E-state index contributed by atoms with van der Waals surface area (Å²) in [4.78, 5) is 17.3. The minimum Gasteiger partial charge on any atom is -0.369 e. The van der Waals surface area contributed by atoms with Crippen molar-refractivity contribution in [2.24, 2.45) is 5.84 Å².